The van der Waals surface area contributed by atoms with Crippen LogP contribution in [-0.2, 0) is 38.7 Å². The van der Waals surface area contributed by atoms with E-state index >= 15 is 0 Å². The Morgan fingerprint density at radius 1 is 0.462 bits per heavy atom. The predicted molar refractivity (Wildman–Crippen MR) is 261 cm³/mol. The summed E-state index contributed by atoms with van der Waals surface area (Å²) in [5.41, 5.74) is 0. The quantitative estimate of drug-likeness (QED) is 0.0257. The summed E-state index contributed by atoms with van der Waals surface area (Å²) in [4.78, 5) is 25.5. The van der Waals surface area contributed by atoms with Crippen molar-refractivity contribution in [3.63, 3.8) is 0 Å². The molecule has 4 N–H and O–H groups in total. The van der Waals surface area contributed by atoms with Crippen LogP contribution in [0.3, 0.4) is 0 Å². The van der Waals surface area contributed by atoms with Gasteiger partial charge in [-0.15, -0.1) is 0 Å². The molecule has 0 radical (unpaired) electrons. The molecule has 0 saturated carbocycles. The Labute approximate surface area is 397 Å². The standard InChI is InChI=1S/C52H100O12S/c1-3-5-7-9-11-13-15-17-19-21-22-23-24-25-27-29-31-33-35-37-39-41-48(54)63-45(43-62-52-51(57)50(56)49(55)46(64-52)44-65(58,59)60)42-61-47(53)40-38-36-34-32-30-28-26-20-18-16-14-12-10-8-6-4-2/h45-46,49-52,55-57H,3-44H2,1-2H3,(H,58,59,60). The van der Waals surface area contributed by atoms with Crippen molar-refractivity contribution in [2.45, 2.75) is 301 Å². The lowest BCUT2D eigenvalue weighted by molar-refractivity contribution is -0.297. The molecule has 6 atom stereocenters. The first-order chi connectivity index (χ1) is 31.5. The van der Waals surface area contributed by atoms with Crippen molar-refractivity contribution >= 4 is 22.1 Å². The third-order valence-corrected chi connectivity index (χ3v) is 13.7. The molecule has 1 heterocycles. The lowest BCUT2D eigenvalue weighted by atomic mass is 10.00. The lowest BCUT2D eigenvalue weighted by Crippen LogP contribution is -2.60. The molecule has 0 aromatic rings. The maximum Gasteiger partial charge on any atom is 0.306 e. The van der Waals surface area contributed by atoms with Crippen LogP contribution in [0.1, 0.15) is 264 Å². The van der Waals surface area contributed by atoms with Gasteiger partial charge in [-0.3, -0.25) is 14.1 Å². The summed E-state index contributed by atoms with van der Waals surface area (Å²) >= 11 is 0. The second-order valence-electron chi connectivity index (χ2n) is 19.3. The molecule has 65 heavy (non-hydrogen) atoms. The van der Waals surface area contributed by atoms with Gasteiger partial charge in [0, 0.05) is 12.8 Å². The molecular weight excluding hydrogens is 849 g/mol. The number of aliphatic hydroxyl groups excluding tert-OH is 3. The zero-order chi connectivity index (χ0) is 47.6. The van der Waals surface area contributed by atoms with E-state index in [9.17, 15) is 37.9 Å². The molecule has 1 saturated heterocycles. The lowest BCUT2D eigenvalue weighted by Gasteiger charge is -2.40. The van der Waals surface area contributed by atoms with Crippen molar-refractivity contribution in [3.05, 3.63) is 0 Å². The molecule has 1 aliphatic heterocycles. The van der Waals surface area contributed by atoms with E-state index in [0.717, 1.165) is 38.5 Å². The van der Waals surface area contributed by atoms with Gasteiger partial charge in [-0.25, -0.2) is 0 Å². The molecule has 0 spiro atoms. The zero-order valence-electron chi connectivity index (χ0n) is 41.6. The third-order valence-electron chi connectivity index (χ3n) is 12.9. The number of aliphatic hydroxyl groups is 3. The summed E-state index contributed by atoms with van der Waals surface area (Å²) < 4.78 is 54.3. The fourth-order valence-electron chi connectivity index (χ4n) is 8.74. The average Bonchev–Trinajstić information content (AvgIpc) is 3.27. The molecule has 0 aliphatic carbocycles. The van der Waals surface area contributed by atoms with Crippen LogP contribution in [0.4, 0.5) is 0 Å². The Morgan fingerprint density at radius 3 is 1.12 bits per heavy atom. The van der Waals surface area contributed by atoms with Crippen molar-refractivity contribution in [1.82, 2.24) is 0 Å². The van der Waals surface area contributed by atoms with Gasteiger partial charge < -0.3 is 34.3 Å². The monoisotopic (exact) mass is 949 g/mol. The number of carbonyl (C=O) groups excluding carboxylic acids is 2. The minimum atomic E-state index is -4.60. The number of rotatable bonds is 47. The van der Waals surface area contributed by atoms with E-state index in [1.807, 2.05) is 0 Å². The highest BCUT2D eigenvalue weighted by molar-refractivity contribution is 7.85. The summed E-state index contributed by atoms with van der Waals surface area (Å²) in [6, 6.07) is 0. The van der Waals surface area contributed by atoms with Gasteiger partial charge in [0.15, 0.2) is 12.4 Å². The van der Waals surface area contributed by atoms with Crippen LogP contribution in [0.2, 0.25) is 0 Å². The fourth-order valence-corrected chi connectivity index (χ4v) is 9.43. The Bertz CT molecular complexity index is 1200. The first-order valence-electron chi connectivity index (χ1n) is 27.1. The number of hydrogen-bond acceptors (Lipinski definition) is 11. The minimum Gasteiger partial charge on any atom is -0.462 e. The number of unbranched alkanes of at least 4 members (excludes halogenated alkanes) is 35. The summed E-state index contributed by atoms with van der Waals surface area (Å²) in [5.74, 6) is -1.95. The number of carbonyl (C=O) groups is 2. The van der Waals surface area contributed by atoms with Gasteiger partial charge in [0.25, 0.3) is 10.1 Å². The van der Waals surface area contributed by atoms with E-state index in [4.69, 9.17) is 18.9 Å². The molecule has 12 nitrogen and oxygen atoms in total. The maximum absolute atomic E-state index is 12.9. The molecule has 0 amide bonds. The van der Waals surface area contributed by atoms with Crippen molar-refractivity contribution in [2.75, 3.05) is 19.0 Å². The normalized spacial score (nSPS) is 19.4. The summed E-state index contributed by atoms with van der Waals surface area (Å²) in [7, 11) is -4.60. The Hall–Kier alpha value is -1.35. The van der Waals surface area contributed by atoms with Crippen molar-refractivity contribution in [2.24, 2.45) is 0 Å². The predicted octanol–water partition coefficient (Wildman–Crippen LogP) is 12.4. The van der Waals surface area contributed by atoms with E-state index in [2.05, 4.69) is 13.8 Å². The molecule has 6 unspecified atom stereocenters. The van der Waals surface area contributed by atoms with Crippen LogP contribution in [0.25, 0.3) is 0 Å². The van der Waals surface area contributed by atoms with Gasteiger partial charge in [-0.2, -0.15) is 8.42 Å². The topological polar surface area (TPSA) is 186 Å². The highest BCUT2D eigenvalue weighted by Gasteiger charge is 2.46. The second kappa shape index (κ2) is 42.7. The molecule has 1 aliphatic rings. The Morgan fingerprint density at radius 2 is 0.785 bits per heavy atom. The van der Waals surface area contributed by atoms with Gasteiger partial charge in [0.2, 0.25) is 0 Å². The van der Waals surface area contributed by atoms with Crippen molar-refractivity contribution in [1.29, 1.82) is 0 Å². The minimum absolute atomic E-state index is 0.173. The van der Waals surface area contributed by atoms with Gasteiger partial charge in [0.05, 0.1) is 6.61 Å². The molecule has 13 heteroatoms. The van der Waals surface area contributed by atoms with Crippen LogP contribution in [-0.4, -0.2) is 96.0 Å². The van der Waals surface area contributed by atoms with E-state index in [1.54, 1.807) is 0 Å². The smallest absolute Gasteiger partial charge is 0.306 e. The van der Waals surface area contributed by atoms with Crippen LogP contribution >= 0.6 is 0 Å². The summed E-state index contributed by atoms with van der Waals surface area (Å²) in [5, 5.41) is 31.0. The first kappa shape index (κ1) is 61.7. The Balaban J connectivity index is 2.32. The van der Waals surface area contributed by atoms with Crippen LogP contribution < -0.4 is 0 Å². The maximum atomic E-state index is 12.9. The highest BCUT2D eigenvalue weighted by atomic mass is 32.2. The largest absolute Gasteiger partial charge is 0.462 e. The van der Waals surface area contributed by atoms with Crippen LogP contribution in [0.15, 0.2) is 0 Å². The van der Waals surface area contributed by atoms with Crippen molar-refractivity contribution in [3.8, 4) is 0 Å². The molecule has 0 bridgehead atoms. The number of esters is 2. The molecule has 0 aromatic carbocycles. The summed E-state index contributed by atoms with van der Waals surface area (Å²) in [6.07, 6.45) is 37.1. The SMILES string of the molecule is CCCCCCCCCCCCCCCCCCCCCCCC(=O)OC(COC(=O)CCCCCCCCCCCCCCCCCC)COC1OC(CS(=O)(=O)O)C(O)C(O)C1O. The molecule has 1 rings (SSSR count). The van der Waals surface area contributed by atoms with Crippen LogP contribution in [0.5, 0.6) is 0 Å². The Kier molecular flexibility index (Phi) is 40.5. The molecule has 386 valence electrons. The molecule has 0 aromatic heterocycles. The van der Waals surface area contributed by atoms with E-state index in [0.29, 0.717) is 12.8 Å². The van der Waals surface area contributed by atoms with E-state index < -0.39 is 71.2 Å². The molecular formula is C52H100O12S. The van der Waals surface area contributed by atoms with Crippen LogP contribution in [0, 0.1) is 0 Å². The van der Waals surface area contributed by atoms with Gasteiger partial charge in [-0.1, -0.05) is 239 Å². The second-order valence-corrected chi connectivity index (χ2v) is 20.8. The van der Waals surface area contributed by atoms with Gasteiger partial charge in [0.1, 0.15) is 36.8 Å². The number of ether oxygens (including phenoxy) is 4. The zero-order valence-corrected chi connectivity index (χ0v) is 42.4. The van der Waals surface area contributed by atoms with E-state index in [1.165, 1.54) is 186 Å². The van der Waals surface area contributed by atoms with E-state index in [-0.39, 0.29) is 19.4 Å². The van der Waals surface area contributed by atoms with Crippen molar-refractivity contribution < 1.29 is 56.8 Å². The number of hydrogen-bond donors (Lipinski definition) is 4. The highest BCUT2D eigenvalue weighted by Crippen LogP contribution is 2.24. The average molecular weight is 949 g/mol. The molecule has 1 fully saturated rings. The summed E-state index contributed by atoms with van der Waals surface area (Å²) in [6.45, 7) is 3.82. The van der Waals surface area contributed by atoms with Gasteiger partial charge >= 0.3 is 11.9 Å². The van der Waals surface area contributed by atoms with Gasteiger partial charge in [-0.05, 0) is 12.8 Å². The third kappa shape index (κ3) is 37.3. The first-order valence-corrected chi connectivity index (χ1v) is 28.7. The fraction of sp³-hybridized carbons (Fsp3) is 0.962.